The molecule has 0 radical (unpaired) electrons. The van der Waals surface area contributed by atoms with Crippen molar-refractivity contribution in [3.8, 4) is 0 Å². The van der Waals surface area contributed by atoms with Gasteiger partial charge in [-0.05, 0) is 52.6 Å². The Labute approximate surface area is 145 Å². The number of nitrogens with one attached hydrogen (secondary N) is 2. The zero-order valence-electron chi connectivity index (χ0n) is 15.2. The van der Waals surface area contributed by atoms with E-state index in [-0.39, 0.29) is 23.2 Å². The average molecular weight is 339 g/mol. The Hall–Kier alpha value is -0.850. The van der Waals surface area contributed by atoms with E-state index in [1.807, 2.05) is 0 Å². The molecule has 0 aliphatic carbocycles. The predicted molar refractivity (Wildman–Crippen MR) is 93.2 cm³/mol. The summed E-state index contributed by atoms with van der Waals surface area (Å²) in [5, 5.41) is 6.22. The third-order valence-corrected chi connectivity index (χ3v) is 5.79. The van der Waals surface area contributed by atoms with Crippen LogP contribution in [0.5, 0.6) is 0 Å². The molecule has 3 aliphatic heterocycles. The van der Waals surface area contributed by atoms with Crippen LogP contribution in [0.2, 0.25) is 0 Å². The van der Waals surface area contributed by atoms with Crippen molar-refractivity contribution in [2.75, 3.05) is 39.5 Å². The summed E-state index contributed by atoms with van der Waals surface area (Å²) in [5.74, 6) is 0. The van der Waals surface area contributed by atoms with Crippen molar-refractivity contribution < 1.29 is 14.3 Å². The van der Waals surface area contributed by atoms with E-state index in [9.17, 15) is 4.79 Å². The Morgan fingerprint density at radius 1 is 1.25 bits per heavy atom. The molecule has 3 heterocycles. The van der Waals surface area contributed by atoms with E-state index in [1.165, 1.54) is 19.3 Å². The van der Waals surface area contributed by atoms with Crippen LogP contribution in [0.3, 0.4) is 0 Å². The molecule has 1 spiro atoms. The van der Waals surface area contributed by atoms with E-state index < -0.39 is 0 Å². The molecule has 6 nitrogen and oxygen atoms in total. The fourth-order valence-electron chi connectivity index (χ4n) is 4.16. The number of piperidine rings is 1. The SMILES string of the molecule is CC(C)(CNC(=O)N[C@H]1CCO[C@]2(CCOC2)C1)N1CCCCC1. The largest absolute Gasteiger partial charge is 0.378 e. The second kappa shape index (κ2) is 7.58. The molecule has 6 heteroatoms. The highest BCUT2D eigenvalue weighted by Gasteiger charge is 2.41. The first-order chi connectivity index (χ1) is 11.5. The van der Waals surface area contributed by atoms with Gasteiger partial charge >= 0.3 is 6.03 Å². The van der Waals surface area contributed by atoms with E-state index in [2.05, 4.69) is 29.4 Å². The van der Waals surface area contributed by atoms with Gasteiger partial charge in [0.1, 0.15) is 0 Å². The van der Waals surface area contributed by atoms with Gasteiger partial charge in [-0.1, -0.05) is 6.42 Å². The Morgan fingerprint density at radius 2 is 2.04 bits per heavy atom. The molecule has 2 N–H and O–H groups in total. The maximum atomic E-state index is 12.3. The Bertz CT molecular complexity index is 429. The van der Waals surface area contributed by atoms with E-state index in [0.717, 1.165) is 39.0 Å². The molecular weight excluding hydrogens is 306 g/mol. The zero-order valence-corrected chi connectivity index (χ0v) is 15.2. The molecular formula is C18H33N3O3. The van der Waals surface area contributed by atoms with E-state index in [1.54, 1.807) is 0 Å². The summed E-state index contributed by atoms with van der Waals surface area (Å²) in [4.78, 5) is 14.8. The zero-order chi connectivity index (χ0) is 17.0. The summed E-state index contributed by atoms with van der Waals surface area (Å²) >= 11 is 0. The van der Waals surface area contributed by atoms with Crippen LogP contribution in [0.1, 0.15) is 52.4 Å². The second-order valence-electron chi connectivity index (χ2n) is 8.21. The highest BCUT2D eigenvalue weighted by atomic mass is 16.6. The van der Waals surface area contributed by atoms with E-state index in [4.69, 9.17) is 9.47 Å². The maximum Gasteiger partial charge on any atom is 0.315 e. The first kappa shape index (κ1) is 18.0. The normalized spacial score (nSPS) is 32.0. The number of hydrogen-bond acceptors (Lipinski definition) is 4. The Morgan fingerprint density at radius 3 is 2.75 bits per heavy atom. The van der Waals surface area contributed by atoms with Crippen molar-refractivity contribution in [1.82, 2.24) is 15.5 Å². The lowest BCUT2D eigenvalue weighted by Gasteiger charge is -2.41. The van der Waals surface area contributed by atoms with E-state index in [0.29, 0.717) is 19.8 Å². The number of amides is 2. The summed E-state index contributed by atoms with van der Waals surface area (Å²) in [5.41, 5.74) is -0.156. The molecule has 0 saturated carbocycles. The minimum atomic E-state index is -0.163. The van der Waals surface area contributed by atoms with Gasteiger partial charge in [0.05, 0.1) is 12.2 Å². The van der Waals surface area contributed by atoms with Crippen molar-refractivity contribution in [2.45, 2.75) is 69.6 Å². The van der Waals surface area contributed by atoms with Gasteiger partial charge in [0.2, 0.25) is 0 Å². The lowest BCUT2D eigenvalue weighted by Crippen LogP contribution is -2.56. The van der Waals surface area contributed by atoms with Crippen molar-refractivity contribution >= 4 is 6.03 Å². The molecule has 24 heavy (non-hydrogen) atoms. The van der Waals surface area contributed by atoms with Gasteiger partial charge in [0.25, 0.3) is 0 Å². The molecule has 2 amide bonds. The fourth-order valence-corrected chi connectivity index (χ4v) is 4.16. The van der Waals surface area contributed by atoms with Crippen LogP contribution in [-0.2, 0) is 9.47 Å². The number of hydrogen-bond donors (Lipinski definition) is 2. The number of carbonyl (C=O) groups excluding carboxylic acids is 1. The van der Waals surface area contributed by atoms with Gasteiger partial charge in [-0.15, -0.1) is 0 Å². The topological polar surface area (TPSA) is 62.8 Å². The summed E-state index contributed by atoms with van der Waals surface area (Å²) in [6, 6.07) is 0.125. The molecule has 3 saturated heterocycles. The van der Waals surface area contributed by atoms with Gasteiger partial charge in [0, 0.05) is 37.8 Å². The van der Waals surface area contributed by atoms with Crippen molar-refractivity contribution in [1.29, 1.82) is 0 Å². The molecule has 0 aromatic rings. The molecule has 3 rings (SSSR count). The van der Waals surface area contributed by atoms with Crippen LogP contribution in [0.4, 0.5) is 4.79 Å². The third kappa shape index (κ3) is 4.41. The highest BCUT2D eigenvalue weighted by molar-refractivity contribution is 5.74. The van der Waals surface area contributed by atoms with Crippen LogP contribution in [0.15, 0.2) is 0 Å². The summed E-state index contributed by atoms with van der Waals surface area (Å²) in [7, 11) is 0. The van der Waals surface area contributed by atoms with Crippen LogP contribution in [0.25, 0.3) is 0 Å². The minimum Gasteiger partial charge on any atom is -0.378 e. The number of likely N-dealkylation sites (tertiary alicyclic amines) is 1. The number of urea groups is 1. The molecule has 3 fully saturated rings. The average Bonchev–Trinajstić information content (AvgIpc) is 3.01. The van der Waals surface area contributed by atoms with Gasteiger partial charge in [-0.3, -0.25) is 4.90 Å². The van der Waals surface area contributed by atoms with Crippen molar-refractivity contribution in [3.05, 3.63) is 0 Å². The lowest BCUT2D eigenvalue weighted by atomic mass is 9.90. The summed E-state index contributed by atoms with van der Waals surface area (Å²) in [6.07, 6.45) is 6.54. The van der Waals surface area contributed by atoms with Crippen molar-refractivity contribution in [2.24, 2.45) is 0 Å². The number of ether oxygens (including phenoxy) is 2. The van der Waals surface area contributed by atoms with E-state index >= 15 is 0 Å². The summed E-state index contributed by atoms with van der Waals surface area (Å²) in [6.45, 7) is 9.52. The first-order valence-corrected chi connectivity index (χ1v) is 9.50. The number of nitrogens with zero attached hydrogens (tertiary/aromatic N) is 1. The molecule has 2 atom stereocenters. The molecule has 138 valence electrons. The minimum absolute atomic E-state index is 0.00789. The molecule has 3 aliphatic rings. The summed E-state index contributed by atoms with van der Waals surface area (Å²) < 4.78 is 11.4. The highest BCUT2D eigenvalue weighted by Crippen LogP contribution is 2.32. The Kier molecular flexibility index (Phi) is 5.67. The van der Waals surface area contributed by atoms with Gasteiger partial charge < -0.3 is 20.1 Å². The second-order valence-corrected chi connectivity index (χ2v) is 8.21. The molecule has 0 aromatic heterocycles. The quantitative estimate of drug-likeness (QED) is 0.821. The monoisotopic (exact) mass is 339 g/mol. The molecule has 0 bridgehead atoms. The first-order valence-electron chi connectivity index (χ1n) is 9.50. The fraction of sp³-hybridized carbons (Fsp3) is 0.944. The van der Waals surface area contributed by atoms with Crippen molar-refractivity contribution in [3.63, 3.8) is 0 Å². The standard InChI is InChI=1S/C18H33N3O3/c1-17(2,21-8-4-3-5-9-21)13-19-16(22)20-15-6-10-24-18(12-15)7-11-23-14-18/h15H,3-14H2,1-2H3,(H2,19,20,22)/t15-,18+/m0/s1. The van der Waals surface area contributed by atoms with Crippen LogP contribution in [-0.4, -0.2) is 67.6 Å². The molecule has 0 unspecified atom stereocenters. The van der Waals surface area contributed by atoms with Crippen LogP contribution < -0.4 is 10.6 Å². The third-order valence-electron chi connectivity index (χ3n) is 5.79. The predicted octanol–water partition coefficient (Wildman–Crippen LogP) is 1.89. The maximum absolute atomic E-state index is 12.3. The van der Waals surface area contributed by atoms with Gasteiger partial charge in [0.15, 0.2) is 0 Å². The van der Waals surface area contributed by atoms with Crippen LogP contribution >= 0.6 is 0 Å². The number of carbonyl (C=O) groups is 1. The van der Waals surface area contributed by atoms with Crippen LogP contribution in [0, 0.1) is 0 Å². The number of rotatable bonds is 4. The van der Waals surface area contributed by atoms with Gasteiger partial charge in [-0.2, -0.15) is 0 Å². The molecule has 0 aromatic carbocycles. The lowest BCUT2D eigenvalue weighted by molar-refractivity contribution is -0.0878. The smallest absolute Gasteiger partial charge is 0.315 e. The van der Waals surface area contributed by atoms with Gasteiger partial charge in [-0.25, -0.2) is 4.79 Å². The Balaban J connectivity index is 1.43.